The number of amides is 3. The van der Waals surface area contributed by atoms with E-state index < -0.39 is 5.91 Å². The Morgan fingerprint density at radius 3 is 2.46 bits per heavy atom. The first-order valence-corrected chi connectivity index (χ1v) is 9.43. The zero-order valence-electron chi connectivity index (χ0n) is 15.4. The molecule has 3 aliphatic rings. The number of nitrogens with zero attached hydrogens (tertiary/aromatic N) is 3. The fourth-order valence-electron chi connectivity index (χ4n) is 5.10. The summed E-state index contributed by atoms with van der Waals surface area (Å²) in [5.74, 6) is -1.07. The van der Waals surface area contributed by atoms with E-state index in [1.54, 1.807) is 6.21 Å². The van der Waals surface area contributed by atoms with Crippen molar-refractivity contribution < 1.29 is 14.4 Å². The lowest BCUT2D eigenvalue weighted by molar-refractivity contribution is -0.140. The maximum atomic E-state index is 12.8. The number of fused-ring (bicyclic) bond motifs is 6. The van der Waals surface area contributed by atoms with Crippen LogP contribution in [-0.4, -0.2) is 33.5 Å². The number of para-hydroxylation sites is 1. The second-order valence-corrected chi connectivity index (χ2v) is 7.80. The van der Waals surface area contributed by atoms with Gasteiger partial charge in [0.05, 0.1) is 18.1 Å². The molecule has 2 aliphatic carbocycles. The third-order valence-electron chi connectivity index (χ3n) is 6.34. The van der Waals surface area contributed by atoms with Gasteiger partial charge in [0.15, 0.2) is 0 Å². The number of hydrogen-bond acceptors (Lipinski definition) is 4. The number of carbonyl (C=O) groups is 3. The monoisotopic (exact) mass is 376 g/mol. The summed E-state index contributed by atoms with van der Waals surface area (Å²) >= 11 is 0. The molecule has 4 atom stereocenters. The van der Waals surface area contributed by atoms with Crippen LogP contribution < -0.4 is 5.73 Å². The first kappa shape index (κ1) is 16.9. The molecule has 0 spiro atoms. The maximum Gasteiger partial charge on any atom is 0.254 e. The average molecular weight is 376 g/mol. The van der Waals surface area contributed by atoms with E-state index >= 15 is 0 Å². The minimum Gasteiger partial charge on any atom is -0.368 e. The van der Waals surface area contributed by atoms with Crippen molar-refractivity contribution in [2.45, 2.75) is 19.9 Å². The molecule has 1 aromatic carbocycles. The number of allylic oxidation sites excluding steroid dienone is 2. The van der Waals surface area contributed by atoms with E-state index in [9.17, 15) is 14.4 Å². The van der Waals surface area contributed by atoms with Crippen LogP contribution in [0.15, 0.2) is 41.5 Å². The lowest BCUT2D eigenvalue weighted by Gasteiger charge is -2.13. The Morgan fingerprint density at radius 2 is 1.82 bits per heavy atom. The summed E-state index contributed by atoms with van der Waals surface area (Å²) in [4.78, 5) is 37.1. The van der Waals surface area contributed by atoms with Crippen molar-refractivity contribution in [3.8, 4) is 0 Å². The van der Waals surface area contributed by atoms with Crippen LogP contribution >= 0.6 is 0 Å². The SMILES string of the molecule is Cc1c(C=NN2C(=O)[C@@H]3[C@H](C2=O)[C@H]2C=C[C@H]3C2)c2ccccc2n1CC(N)=O. The van der Waals surface area contributed by atoms with Crippen LogP contribution in [-0.2, 0) is 20.9 Å². The predicted octanol–water partition coefficient (Wildman–Crippen LogP) is 1.58. The van der Waals surface area contributed by atoms with Gasteiger partial charge in [0, 0.05) is 22.2 Å². The van der Waals surface area contributed by atoms with Crippen LogP contribution in [0.3, 0.4) is 0 Å². The van der Waals surface area contributed by atoms with Gasteiger partial charge in [0.2, 0.25) is 5.91 Å². The van der Waals surface area contributed by atoms with E-state index in [1.807, 2.05) is 35.8 Å². The molecule has 5 rings (SSSR count). The normalized spacial score (nSPS) is 28.2. The van der Waals surface area contributed by atoms with Crippen molar-refractivity contribution in [3.63, 3.8) is 0 Å². The van der Waals surface area contributed by atoms with Gasteiger partial charge in [-0.3, -0.25) is 14.4 Å². The molecule has 142 valence electrons. The number of hydrogen-bond donors (Lipinski definition) is 1. The van der Waals surface area contributed by atoms with Crippen molar-refractivity contribution in [2.75, 3.05) is 0 Å². The highest BCUT2D eigenvalue weighted by atomic mass is 16.2. The van der Waals surface area contributed by atoms with Gasteiger partial charge in [0.25, 0.3) is 11.8 Å². The fraction of sp³-hybridized carbons (Fsp3) is 0.333. The van der Waals surface area contributed by atoms with Crippen molar-refractivity contribution in [2.24, 2.45) is 34.5 Å². The van der Waals surface area contributed by atoms with Gasteiger partial charge in [-0.2, -0.15) is 10.1 Å². The second-order valence-electron chi connectivity index (χ2n) is 7.80. The molecule has 2 fully saturated rings. The number of primary amides is 1. The molecule has 0 unspecified atom stereocenters. The van der Waals surface area contributed by atoms with Gasteiger partial charge in [-0.1, -0.05) is 30.4 Å². The molecule has 28 heavy (non-hydrogen) atoms. The van der Waals surface area contributed by atoms with Gasteiger partial charge in [0.1, 0.15) is 6.54 Å². The Morgan fingerprint density at radius 1 is 1.18 bits per heavy atom. The molecule has 0 radical (unpaired) electrons. The zero-order chi connectivity index (χ0) is 19.6. The summed E-state index contributed by atoms with van der Waals surface area (Å²) in [7, 11) is 0. The van der Waals surface area contributed by atoms with Crippen LogP contribution in [0, 0.1) is 30.6 Å². The second kappa shape index (κ2) is 5.89. The summed E-state index contributed by atoms with van der Waals surface area (Å²) in [6.45, 7) is 1.93. The highest BCUT2D eigenvalue weighted by Gasteiger charge is 2.59. The van der Waals surface area contributed by atoms with Gasteiger partial charge in [-0.15, -0.1) is 0 Å². The summed E-state index contributed by atoms with van der Waals surface area (Å²) in [5, 5.41) is 6.23. The van der Waals surface area contributed by atoms with Crippen LogP contribution in [0.1, 0.15) is 17.7 Å². The third kappa shape index (κ3) is 2.22. The van der Waals surface area contributed by atoms with E-state index in [0.717, 1.165) is 33.6 Å². The van der Waals surface area contributed by atoms with Crippen LogP contribution in [0.25, 0.3) is 10.9 Å². The minimum atomic E-state index is -0.437. The smallest absolute Gasteiger partial charge is 0.254 e. The summed E-state index contributed by atoms with van der Waals surface area (Å²) in [6.07, 6.45) is 6.57. The Balaban J connectivity index is 1.52. The number of hydrazone groups is 1. The molecular formula is C21H20N4O3. The Hall–Kier alpha value is -3.22. The number of nitrogens with two attached hydrogens (primary N) is 1. The van der Waals surface area contributed by atoms with Crippen molar-refractivity contribution in [1.29, 1.82) is 0 Å². The van der Waals surface area contributed by atoms with Crippen LogP contribution in [0.5, 0.6) is 0 Å². The highest BCUT2D eigenvalue weighted by Crippen LogP contribution is 2.52. The van der Waals surface area contributed by atoms with Crippen molar-refractivity contribution in [1.82, 2.24) is 9.58 Å². The molecule has 7 nitrogen and oxygen atoms in total. The number of rotatable bonds is 4. The fourth-order valence-corrected chi connectivity index (χ4v) is 5.10. The molecule has 2 N–H and O–H groups in total. The molecule has 2 aromatic rings. The van der Waals surface area contributed by atoms with Crippen LogP contribution in [0.4, 0.5) is 0 Å². The van der Waals surface area contributed by atoms with Gasteiger partial charge in [-0.05, 0) is 31.2 Å². The average Bonchev–Trinajstić information content (AvgIpc) is 3.40. The summed E-state index contributed by atoms with van der Waals surface area (Å²) < 4.78 is 1.82. The van der Waals surface area contributed by atoms with E-state index in [4.69, 9.17) is 5.73 Å². The standard InChI is InChI=1S/C21H20N4O3/c1-11-15(14-4-2-3-5-16(14)24(11)10-17(22)26)9-23-25-20(27)18-12-6-7-13(8-12)19(18)21(25)28/h2-7,9,12-13,18-19H,8,10H2,1H3,(H2,22,26)/t12-,13-,18-,19+/m0/s1. The highest BCUT2D eigenvalue weighted by molar-refractivity contribution is 6.08. The lowest BCUT2D eigenvalue weighted by atomic mass is 9.85. The zero-order valence-corrected chi connectivity index (χ0v) is 15.4. The largest absolute Gasteiger partial charge is 0.368 e. The molecular weight excluding hydrogens is 356 g/mol. The topological polar surface area (TPSA) is 97.8 Å². The molecule has 2 heterocycles. The number of carbonyl (C=O) groups excluding carboxylic acids is 3. The molecule has 1 aromatic heterocycles. The van der Waals surface area contributed by atoms with E-state index in [2.05, 4.69) is 17.3 Å². The minimum absolute atomic E-state index is 0.0565. The molecule has 1 aliphatic heterocycles. The van der Waals surface area contributed by atoms with Gasteiger partial charge >= 0.3 is 0 Å². The summed E-state index contributed by atoms with van der Waals surface area (Å²) in [6, 6.07) is 7.61. The summed E-state index contributed by atoms with van der Waals surface area (Å²) in [5.41, 5.74) is 7.83. The number of imide groups is 1. The molecule has 1 saturated carbocycles. The van der Waals surface area contributed by atoms with Crippen LogP contribution in [0.2, 0.25) is 0 Å². The van der Waals surface area contributed by atoms with E-state index in [0.29, 0.717) is 0 Å². The molecule has 2 bridgehead atoms. The molecule has 7 heteroatoms. The van der Waals surface area contributed by atoms with Crippen molar-refractivity contribution >= 4 is 34.8 Å². The Labute approximate surface area is 161 Å². The number of benzene rings is 1. The maximum absolute atomic E-state index is 12.8. The quantitative estimate of drug-likeness (QED) is 0.498. The predicted molar refractivity (Wildman–Crippen MR) is 103 cm³/mol. The van der Waals surface area contributed by atoms with E-state index in [1.165, 1.54) is 0 Å². The Bertz CT molecular complexity index is 1070. The van der Waals surface area contributed by atoms with E-state index in [-0.39, 0.29) is 42.0 Å². The third-order valence-corrected chi connectivity index (χ3v) is 6.34. The first-order chi connectivity index (χ1) is 13.5. The first-order valence-electron chi connectivity index (χ1n) is 9.43. The number of aromatic nitrogens is 1. The Kier molecular flexibility index (Phi) is 3.56. The van der Waals surface area contributed by atoms with Gasteiger partial charge < -0.3 is 10.3 Å². The van der Waals surface area contributed by atoms with Gasteiger partial charge in [-0.25, -0.2) is 0 Å². The molecule has 3 amide bonds. The van der Waals surface area contributed by atoms with Crippen molar-refractivity contribution in [3.05, 3.63) is 47.7 Å². The molecule has 1 saturated heterocycles. The lowest BCUT2D eigenvalue weighted by Crippen LogP contribution is -2.28.